The van der Waals surface area contributed by atoms with Crippen molar-refractivity contribution in [2.75, 3.05) is 32.4 Å². The fraction of sp³-hybridized carbons (Fsp3) is 0.619. The summed E-state index contributed by atoms with van der Waals surface area (Å²) in [6, 6.07) is 4.89. The number of piperidine rings is 2. The fourth-order valence-corrected chi connectivity index (χ4v) is 5.25. The molecule has 0 amide bonds. The summed E-state index contributed by atoms with van der Waals surface area (Å²) in [7, 11) is -3.21. The topological polar surface area (TPSA) is 88.8 Å². The Labute approximate surface area is 194 Å². The third-order valence-corrected chi connectivity index (χ3v) is 7.56. The highest BCUT2D eigenvalue weighted by molar-refractivity contribution is 7.88. The Kier molecular flexibility index (Phi) is 7.15. The smallest absolute Gasteiger partial charge is 0.455 e. The van der Waals surface area contributed by atoms with E-state index in [0.29, 0.717) is 51.9 Å². The van der Waals surface area contributed by atoms with E-state index in [1.165, 1.54) is 16.6 Å². The van der Waals surface area contributed by atoms with E-state index >= 15 is 0 Å². The number of likely N-dealkylation sites (tertiary alicyclic amines) is 1. The van der Waals surface area contributed by atoms with Crippen LogP contribution in [0.1, 0.15) is 48.9 Å². The molecule has 0 saturated carbocycles. The number of benzene rings is 1. The lowest BCUT2D eigenvalue weighted by atomic mass is 9.90. The van der Waals surface area contributed by atoms with Gasteiger partial charge in [-0.15, -0.1) is 0 Å². The van der Waals surface area contributed by atoms with Gasteiger partial charge < -0.3 is 9.26 Å². The summed E-state index contributed by atoms with van der Waals surface area (Å²) >= 11 is 0. The third-order valence-electron chi connectivity index (χ3n) is 6.26. The molecule has 34 heavy (non-hydrogen) atoms. The summed E-state index contributed by atoms with van der Waals surface area (Å²) in [4.78, 5) is 5.26. The number of alkyl halides is 3. The Balaban J connectivity index is 1.27. The highest BCUT2D eigenvalue weighted by Crippen LogP contribution is 2.32. The highest BCUT2D eigenvalue weighted by atomic mass is 32.2. The van der Waals surface area contributed by atoms with Crippen LogP contribution in [-0.4, -0.2) is 66.3 Å². The molecule has 1 aromatic heterocycles. The zero-order valence-corrected chi connectivity index (χ0v) is 19.4. The predicted molar refractivity (Wildman–Crippen MR) is 113 cm³/mol. The van der Waals surface area contributed by atoms with Crippen LogP contribution < -0.4 is 4.74 Å². The van der Waals surface area contributed by atoms with E-state index in [1.54, 1.807) is 6.07 Å². The molecule has 0 radical (unpaired) electrons. The molecule has 2 aliphatic rings. The van der Waals surface area contributed by atoms with Gasteiger partial charge >= 0.3 is 6.18 Å². The number of hydrogen-bond donors (Lipinski definition) is 0. The second-order valence-electron chi connectivity index (χ2n) is 8.73. The molecule has 3 heterocycles. The van der Waals surface area contributed by atoms with Gasteiger partial charge in [-0.05, 0) is 49.3 Å². The summed E-state index contributed by atoms with van der Waals surface area (Å²) in [5.41, 5.74) is 0.825. The van der Waals surface area contributed by atoms with Crippen molar-refractivity contribution in [3.63, 3.8) is 0 Å². The van der Waals surface area contributed by atoms with Gasteiger partial charge in [-0.25, -0.2) is 17.1 Å². The van der Waals surface area contributed by atoms with Gasteiger partial charge in [-0.2, -0.15) is 18.2 Å². The lowest BCUT2D eigenvalue weighted by Gasteiger charge is -2.32. The Hall–Kier alpha value is -2.25. The average Bonchev–Trinajstić information content (AvgIpc) is 3.25. The molecule has 0 atom stereocenters. The number of hydrogen-bond acceptors (Lipinski definition) is 7. The van der Waals surface area contributed by atoms with Crippen molar-refractivity contribution in [1.82, 2.24) is 19.3 Å². The molecule has 188 valence electrons. The molecule has 0 spiro atoms. The third kappa shape index (κ3) is 6.05. The first kappa shape index (κ1) is 24.9. The second-order valence-corrected chi connectivity index (χ2v) is 10.7. The largest absolute Gasteiger partial charge is 0.487 e. The maximum Gasteiger partial charge on any atom is 0.455 e. The normalized spacial score (nSPS) is 20.0. The number of sulfonamides is 1. The first-order chi connectivity index (χ1) is 16.0. The Morgan fingerprint density at radius 2 is 1.79 bits per heavy atom. The minimum Gasteiger partial charge on any atom is -0.487 e. The Bertz CT molecular complexity index is 1090. The quantitative estimate of drug-likeness (QED) is 0.555. The van der Waals surface area contributed by atoms with Crippen molar-refractivity contribution in [2.45, 2.75) is 50.4 Å². The molecule has 0 bridgehead atoms. The molecule has 2 aromatic rings. The van der Waals surface area contributed by atoms with Crippen LogP contribution in [0.4, 0.5) is 17.6 Å². The molecule has 4 rings (SSSR count). The lowest BCUT2D eigenvalue weighted by molar-refractivity contribution is -0.146. The van der Waals surface area contributed by atoms with Crippen LogP contribution >= 0.6 is 0 Å². The van der Waals surface area contributed by atoms with Gasteiger partial charge in [-0.3, -0.25) is 4.90 Å². The van der Waals surface area contributed by atoms with E-state index in [1.807, 2.05) is 11.0 Å². The summed E-state index contributed by atoms with van der Waals surface area (Å²) in [5, 5.41) is 2.96. The van der Waals surface area contributed by atoms with E-state index in [4.69, 9.17) is 4.74 Å². The summed E-state index contributed by atoms with van der Waals surface area (Å²) in [6.45, 7) is 2.02. The zero-order valence-electron chi connectivity index (χ0n) is 18.6. The van der Waals surface area contributed by atoms with E-state index < -0.39 is 27.8 Å². The molecule has 1 aromatic carbocycles. The molecular weight excluding hydrogens is 480 g/mol. The van der Waals surface area contributed by atoms with Crippen LogP contribution in [-0.2, 0) is 22.7 Å². The van der Waals surface area contributed by atoms with Gasteiger partial charge in [-0.1, -0.05) is 11.2 Å². The monoisotopic (exact) mass is 506 g/mol. The molecule has 2 fully saturated rings. The van der Waals surface area contributed by atoms with Gasteiger partial charge in [0.25, 0.3) is 5.82 Å². The van der Waals surface area contributed by atoms with E-state index in [9.17, 15) is 26.0 Å². The van der Waals surface area contributed by atoms with Crippen molar-refractivity contribution in [3.05, 3.63) is 41.3 Å². The van der Waals surface area contributed by atoms with Crippen LogP contribution in [0.15, 0.2) is 22.7 Å². The molecule has 0 aliphatic carbocycles. The lowest BCUT2D eigenvalue weighted by Crippen LogP contribution is -2.38. The Morgan fingerprint density at radius 1 is 1.12 bits per heavy atom. The molecule has 0 N–H and O–H groups in total. The van der Waals surface area contributed by atoms with Crippen LogP contribution in [0.5, 0.6) is 5.75 Å². The van der Waals surface area contributed by atoms with Gasteiger partial charge in [0.2, 0.25) is 15.9 Å². The van der Waals surface area contributed by atoms with Crippen molar-refractivity contribution in [3.8, 4) is 5.75 Å². The second kappa shape index (κ2) is 9.78. The summed E-state index contributed by atoms with van der Waals surface area (Å²) in [6.07, 6.45) is -1.25. The molecule has 13 heteroatoms. The molecule has 2 saturated heterocycles. The van der Waals surface area contributed by atoms with E-state index in [0.717, 1.165) is 5.56 Å². The Morgan fingerprint density at radius 3 is 2.35 bits per heavy atom. The van der Waals surface area contributed by atoms with Crippen molar-refractivity contribution >= 4 is 10.0 Å². The highest BCUT2D eigenvalue weighted by Gasteiger charge is 2.37. The molecule has 8 nitrogen and oxygen atoms in total. The summed E-state index contributed by atoms with van der Waals surface area (Å²) in [5.74, 6) is -1.61. The predicted octanol–water partition coefficient (Wildman–Crippen LogP) is 3.41. The zero-order chi connectivity index (χ0) is 24.5. The maximum atomic E-state index is 14.7. The maximum absolute atomic E-state index is 14.7. The molecule has 2 aliphatic heterocycles. The van der Waals surface area contributed by atoms with Crippen LogP contribution in [0.3, 0.4) is 0 Å². The minimum atomic E-state index is -4.64. The first-order valence-corrected chi connectivity index (χ1v) is 12.9. The number of nitrogens with zero attached hydrogens (tertiary/aromatic N) is 4. The number of aromatic nitrogens is 2. The SMILES string of the molecule is CS(=O)(=O)N1CCC(c2ccc(OC3CCN(Cc4nc(C(F)(F)F)no4)CC3)c(F)c2)CC1. The van der Waals surface area contributed by atoms with Gasteiger partial charge in [0, 0.05) is 26.2 Å². The standard InChI is InChI=1S/C21H26F4N4O4S/c1-34(30,31)29-10-4-14(5-11-29)15-2-3-18(17(22)12-15)32-16-6-8-28(9-7-16)13-19-26-20(27-33-19)21(23,24)25/h2-3,12,14,16H,4-11,13H2,1H3. The van der Waals surface area contributed by atoms with Crippen molar-refractivity contribution in [1.29, 1.82) is 0 Å². The average molecular weight is 507 g/mol. The number of ether oxygens (including phenoxy) is 1. The molecular formula is C21H26F4N4O4S. The van der Waals surface area contributed by atoms with Crippen molar-refractivity contribution < 1.29 is 35.2 Å². The van der Waals surface area contributed by atoms with Gasteiger partial charge in [0.15, 0.2) is 11.6 Å². The van der Waals surface area contributed by atoms with Crippen LogP contribution in [0.2, 0.25) is 0 Å². The van der Waals surface area contributed by atoms with Crippen LogP contribution in [0.25, 0.3) is 0 Å². The van der Waals surface area contributed by atoms with E-state index in [-0.39, 0.29) is 30.2 Å². The minimum absolute atomic E-state index is 0.0901. The fourth-order valence-electron chi connectivity index (χ4n) is 4.38. The number of halogens is 4. The molecule has 0 unspecified atom stereocenters. The first-order valence-electron chi connectivity index (χ1n) is 11.0. The summed E-state index contributed by atoms with van der Waals surface area (Å²) < 4.78 is 87.8. The van der Waals surface area contributed by atoms with Gasteiger partial charge in [0.1, 0.15) is 6.10 Å². The van der Waals surface area contributed by atoms with Crippen LogP contribution in [0, 0.1) is 5.82 Å². The van der Waals surface area contributed by atoms with E-state index in [2.05, 4.69) is 14.7 Å². The van der Waals surface area contributed by atoms with Crippen molar-refractivity contribution in [2.24, 2.45) is 0 Å². The number of rotatable bonds is 6. The van der Waals surface area contributed by atoms with Gasteiger partial charge in [0.05, 0.1) is 12.8 Å².